The Morgan fingerprint density at radius 3 is 1.34 bits per heavy atom. The summed E-state index contributed by atoms with van der Waals surface area (Å²) in [7, 11) is 0. The molecule has 0 aromatic heterocycles. The minimum atomic E-state index is -0.496. The molecule has 0 spiro atoms. The molecule has 32 heavy (non-hydrogen) atoms. The van der Waals surface area contributed by atoms with Gasteiger partial charge in [0.2, 0.25) is 0 Å². The van der Waals surface area contributed by atoms with Gasteiger partial charge in [-0.25, -0.2) is 0 Å². The largest absolute Gasteiger partial charge is 0.494 e. The molecule has 0 bridgehead atoms. The number of ether oxygens (including phenoxy) is 2. The summed E-state index contributed by atoms with van der Waals surface area (Å²) >= 11 is 12.3. The molecule has 6 nitrogen and oxygen atoms in total. The van der Waals surface area contributed by atoms with E-state index in [-0.39, 0.29) is 21.2 Å². The smallest absolute Gasteiger partial charge is 0.256 e. The molecule has 166 valence electrons. The molecule has 0 radical (unpaired) electrons. The molecule has 0 fully saturated rings. The summed E-state index contributed by atoms with van der Waals surface area (Å²) in [5.74, 6) is 0.389. The number of rotatable bonds is 8. The van der Waals surface area contributed by atoms with Gasteiger partial charge < -0.3 is 20.1 Å². The molecule has 0 atom stereocenters. The molecule has 0 aliphatic carbocycles. The van der Waals surface area contributed by atoms with Crippen molar-refractivity contribution in [2.45, 2.75) is 13.8 Å². The van der Waals surface area contributed by atoms with Gasteiger partial charge in [0.1, 0.15) is 11.5 Å². The summed E-state index contributed by atoms with van der Waals surface area (Å²) in [6, 6.07) is 16.6. The standard InChI is InChI=1S/C24H22Cl2N2O4/c1-3-31-17-9-5-15(6-10-17)27-23(29)19-13-21(25)22(26)14-20(19)24(30)28-16-7-11-18(12-8-16)32-4-2/h5-14H,3-4H2,1-2H3,(H,27,29)(H,28,30). The van der Waals surface area contributed by atoms with Crippen molar-refractivity contribution in [2.75, 3.05) is 23.8 Å². The van der Waals surface area contributed by atoms with Crippen molar-refractivity contribution in [1.82, 2.24) is 0 Å². The highest BCUT2D eigenvalue weighted by Gasteiger charge is 2.20. The summed E-state index contributed by atoms with van der Waals surface area (Å²) in [5, 5.41) is 5.86. The number of hydrogen-bond donors (Lipinski definition) is 2. The molecule has 0 heterocycles. The lowest BCUT2D eigenvalue weighted by atomic mass is 10.1. The van der Waals surface area contributed by atoms with Gasteiger partial charge in [-0.2, -0.15) is 0 Å². The number of nitrogens with one attached hydrogen (secondary N) is 2. The molecule has 3 aromatic rings. The fourth-order valence-corrected chi connectivity index (χ4v) is 3.25. The van der Waals surface area contributed by atoms with Gasteiger partial charge in [-0.1, -0.05) is 23.2 Å². The fraction of sp³-hybridized carbons (Fsp3) is 0.167. The minimum Gasteiger partial charge on any atom is -0.494 e. The maximum Gasteiger partial charge on any atom is 0.256 e. The van der Waals surface area contributed by atoms with Crippen molar-refractivity contribution in [3.8, 4) is 11.5 Å². The summed E-state index contributed by atoms with van der Waals surface area (Å²) in [5.41, 5.74) is 1.28. The Hall–Kier alpha value is -3.22. The van der Waals surface area contributed by atoms with Gasteiger partial charge in [0.05, 0.1) is 34.4 Å². The normalized spacial score (nSPS) is 10.4. The highest BCUT2D eigenvalue weighted by Crippen LogP contribution is 2.28. The predicted octanol–water partition coefficient (Wildman–Crippen LogP) is 6.30. The quantitative estimate of drug-likeness (QED) is 0.403. The zero-order valence-corrected chi connectivity index (χ0v) is 19.1. The second kappa shape index (κ2) is 10.9. The third-order valence-corrected chi connectivity index (χ3v) is 5.12. The van der Waals surface area contributed by atoms with Crippen molar-refractivity contribution >= 4 is 46.4 Å². The Morgan fingerprint density at radius 2 is 1.03 bits per heavy atom. The van der Waals surface area contributed by atoms with Crippen molar-refractivity contribution in [2.24, 2.45) is 0 Å². The van der Waals surface area contributed by atoms with Crippen LogP contribution in [0.25, 0.3) is 0 Å². The summed E-state index contributed by atoms with van der Waals surface area (Å²) in [6.07, 6.45) is 0. The molecule has 3 aromatic carbocycles. The monoisotopic (exact) mass is 472 g/mol. The van der Waals surface area contributed by atoms with Crippen molar-refractivity contribution in [1.29, 1.82) is 0 Å². The second-order valence-electron chi connectivity index (χ2n) is 6.63. The lowest BCUT2D eigenvalue weighted by Gasteiger charge is -2.13. The first-order valence-corrected chi connectivity index (χ1v) is 10.7. The van der Waals surface area contributed by atoms with Crippen LogP contribution in [0.3, 0.4) is 0 Å². The number of amides is 2. The van der Waals surface area contributed by atoms with E-state index in [4.69, 9.17) is 32.7 Å². The minimum absolute atomic E-state index is 0.0942. The topological polar surface area (TPSA) is 76.7 Å². The first-order valence-electron chi connectivity index (χ1n) is 9.98. The Labute approximate surface area is 196 Å². The highest BCUT2D eigenvalue weighted by molar-refractivity contribution is 6.42. The van der Waals surface area contributed by atoms with Gasteiger partial charge in [0, 0.05) is 11.4 Å². The number of halogens is 2. The molecular weight excluding hydrogens is 451 g/mol. The van der Waals surface area contributed by atoms with Crippen molar-refractivity contribution < 1.29 is 19.1 Å². The van der Waals surface area contributed by atoms with Gasteiger partial charge in [0.25, 0.3) is 11.8 Å². The van der Waals surface area contributed by atoms with E-state index in [2.05, 4.69) is 10.6 Å². The van der Waals surface area contributed by atoms with Crippen LogP contribution in [0, 0.1) is 0 Å². The Morgan fingerprint density at radius 1 is 0.688 bits per heavy atom. The number of anilines is 2. The van der Waals surface area contributed by atoms with E-state index in [9.17, 15) is 9.59 Å². The van der Waals surface area contributed by atoms with Gasteiger partial charge >= 0.3 is 0 Å². The van der Waals surface area contributed by atoms with Crippen LogP contribution < -0.4 is 20.1 Å². The third kappa shape index (κ3) is 5.93. The molecular formula is C24H22Cl2N2O4. The van der Waals surface area contributed by atoms with Crippen LogP contribution in [0.2, 0.25) is 10.0 Å². The van der Waals surface area contributed by atoms with Crippen molar-refractivity contribution in [3.63, 3.8) is 0 Å². The van der Waals surface area contributed by atoms with Gasteiger partial charge in [-0.05, 0) is 74.5 Å². The number of carbonyl (C=O) groups is 2. The molecule has 2 amide bonds. The Balaban J connectivity index is 1.82. The Kier molecular flexibility index (Phi) is 7.98. The lowest BCUT2D eigenvalue weighted by Crippen LogP contribution is -2.20. The summed E-state index contributed by atoms with van der Waals surface area (Å²) in [6.45, 7) is 4.86. The molecule has 0 aliphatic rings. The molecule has 0 saturated carbocycles. The van der Waals surface area contributed by atoms with Crippen LogP contribution in [-0.2, 0) is 0 Å². The molecule has 8 heteroatoms. The third-order valence-electron chi connectivity index (χ3n) is 4.40. The predicted molar refractivity (Wildman–Crippen MR) is 128 cm³/mol. The van der Waals surface area contributed by atoms with Gasteiger partial charge in [-0.15, -0.1) is 0 Å². The van der Waals surface area contributed by atoms with Crippen molar-refractivity contribution in [3.05, 3.63) is 81.8 Å². The van der Waals surface area contributed by atoms with Gasteiger partial charge in [0.15, 0.2) is 0 Å². The summed E-state index contributed by atoms with van der Waals surface area (Å²) in [4.78, 5) is 25.9. The second-order valence-corrected chi connectivity index (χ2v) is 7.45. The first-order chi connectivity index (χ1) is 15.4. The number of benzene rings is 3. The van der Waals surface area contributed by atoms with Crippen LogP contribution in [0.1, 0.15) is 34.6 Å². The lowest BCUT2D eigenvalue weighted by molar-refractivity contribution is 0.0990. The fourth-order valence-electron chi connectivity index (χ4n) is 2.92. The number of hydrogen-bond acceptors (Lipinski definition) is 4. The number of carbonyl (C=O) groups excluding carboxylic acids is 2. The van der Waals surface area contributed by atoms with E-state index in [1.165, 1.54) is 12.1 Å². The Bertz CT molecular complexity index is 1010. The average molecular weight is 473 g/mol. The van der Waals surface area contributed by atoms with E-state index in [1.807, 2.05) is 13.8 Å². The molecule has 0 saturated heterocycles. The van der Waals surface area contributed by atoms with Crippen LogP contribution in [0.4, 0.5) is 11.4 Å². The first kappa shape index (κ1) is 23.4. The van der Waals surface area contributed by atoms with Crippen LogP contribution >= 0.6 is 23.2 Å². The maximum atomic E-state index is 12.9. The average Bonchev–Trinajstić information content (AvgIpc) is 2.78. The zero-order chi connectivity index (χ0) is 23.1. The van der Waals surface area contributed by atoms with Gasteiger partial charge in [-0.3, -0.25) is 9.59 Å². The van der Waals surface area contributed by atoms with Crippen LogP contribution in [0.5, 0.6) is 11.5 Å². The van der Waals surface area contributed by atoms with E-state index in [1.54, 1.807) is 48.5 Å². The molecule has 3 rings (SSSR count). The molecule has 0 unspecified atom stereocenters. The zero-order valence-electron chi connectivity index (χ0n) is 17.6. The highest BCUT2D eigenvalue weighted by atomic mass is 35.5. The SMILES string of the molecule is CCOc1ccc(NC(=O)c2cc(Cl)c(Cl)cc2C(=O)Nc2ccc(OCC)cc2)cc1. The van der Waals surface area contributed by atoms with E-state index < -0.39 is 11.8 Å². The van der Waals surface area contributed by atoms with E-state index in [0.717, 1.165) is 0 Å². The van der Waals surface area contributed by atoms with E-state index >= 15 is 0 Å². The van der Waals surface area contributed by atoms with E-state index in [0.29, 0.717) is 36.1 Å². The maximum absolute atomic E-state index is 12.9. The molecule has 2 N–H and O–H groups in total. The van der Waals surface area contributed by atoms with Crippen LogP contribution in [-0.4, -0.2) is 25.0 Å². The van der Waals surface area contributed by atoms with Crippen LogP contribution in [0.15, 0.2) is 60.7 Å². The summed E-state index contributed by atoms with van der Waals surface area (Å²) < 4.78 is 10.8. The molecule has 0 aliphatic heterocycles.